The van der Waals surface area contributed by atoms with Crippen molar-refractivity contribution in [2.24, 2.45) is 5.73 Å². The van der Waals surface area contributed by atoms with Crippen LogP contribution in [0.15, 0.2) is 36.4 Å². The van der Waals surface area contributed by atoms with Crippen molar-refractivity contribution in [3.05, 3.63) is 47.8 Å². The van der Waals surface area contributed by atoms with Crippen LogP contribution < -0.4 is 15.2 Å². The second kappa shape index (κ2) is 7.09. The molecule has 2 aromatic carbocycles. The molecule has 21 heavy (non-hydrogen) atoms. The zero-order valence-electron chi connectivity index (χ0n) is 12.4. The van der Waals surface area contributed by atoms with Gasteiger partial charge in [-0.25, -0.2) is 4.39 Å². The third kappa shape index (κ3) is 3.52. The highest BCUT2D eigenvalue weighted by atomic mass is 19.1. The topological polar surface area (TPSA) is 44.5 Å². The van der Waals surface area contributed by atoms with Crippen LogP contribution in [0.4, 0.5) is 4.39 Å². The maximum atomic E-state index is 13.5. The van der Waals surface area contributed by atoms with Gasteiger partial charge in [0.25, 0.3) is 0 Å². The molecule has 3 nitrogen and oxygen atoms in total. The van der Waals surface area contributed by atoms with E-state index >= 15 is 0 Å². The fourth-order valence-electron chi connectivity index (χ4n) is 2.14. The van der Waals surface area contributed by atoms with Crippen LogP contribution in [0.1, 0.15) is 19.4 Å². The normalized spacial score (nSPS) is 10.5. The summed E-state index contributed by atoms with van der Waals surface area (Å²) in [4.78, 5) is 0. The van der Waals surface area contributed by atoms with Gasteiger partial charge in [-0.1, -0.05) is 12.1 Å². The average Bonchev–Trinajstić information content (AvgIpc) is 2.50. The lowest BCUT2D eigenvalue weighted by atomic mass is 10.0. The van der Waals surface area contributed by atoms with Crippen LogP contribution >= 0.6 is 0 Å². The van der Waals surface area contributed by atoms with Crippen molar-refractivity contribution >= 4 is 0 Å². The van der Waals surface area contributed by atoms with Gasteiger partial charge in [0.05, 0.1) is 13.2 Å². The Hall–Kier alpha value is -2.07. The molecule has 0 fully saturated rings. The van der Waals surface area contributed by atoms with Crippen LogP contribution in [-0.4, -0.2) is 13.2 Å². The van der Waals surface area contributed by atoms with Crippen molar-refractivity contribution in [3.8, 4) is 22.6 Å². The van der Waals surface area contributed by atoms with Gasteiger partial charge in [-0.05, 0) is 49.2 Å². The molecule has 0 radical (unpaired) electrons. The number of benzene rings is 2. The first-order chi connectivity index (χ1) is 10.2. The Labute approximate surface area is 124 Å². The second-order valence-electron chi connectivity index (χ2n) is 4.54. The minimum absolute atomic E-state index is 0.176. The standard InChI is InChI=1S/C17H20FNO2/c1-3-20-16-8-6-13(10-17(16)21-4-2)12-5-7-15(18)14(9-12)11-19/h5-10H,3-4,11,19H2,1-2H3. The molecule has 0 aliphatic heterocycles. The minimum Gasteiger partial charge on any atom is -0.490 e. The molecule has 4 heteroatoms. The Balaban J connectivity index is 2.41. The van der Waals surface area contributed by atoms with Gasteiger partial charge in [0.2, 0.25) is 0 Å². The van der Waals surface area contributed by atoms with E-state index in [9.17, 15) is 4.39 Å². The van der Waals surface area contributed by atoms with E-state index in [0.717, 1.165) is 11.1 Å². The van der Waals surface area contributed by atoms with E-state index in [2.05, 4.69) is 0 Å². The predicted molar refractivity (Wildman–Crippen MR) is 82.1 cm³/mol. The Morgan fingerprint density at radius 1 is 0.905 bits per heavy atom. The second-order valence-corrected chi connectivity index (χ2v) is 4.54. The highest BCUT2D eigenvalue weighted by Gasteiger charge is 2.09. The van der Waals surface area contributed by atoms with E-state index in [1.807, 2.05) is 32.0 Å². The van der Waals surface area contributed by atoms with Crippen LogP contribution in [0.5, 0.6) is 11.5 Å². The number of hydrogen-bond acceptors (Lipinski definition) is 3. The van der Waals surface area contributed by atoms with Gasteiger partial charge in [0, 0.05) is 12.1 Å². The van der Waals surface area contributed by atoms with Gasteiger partial charge in [-0.15, -0.1) is 0 Å². The van der Waals surface area contributed by atoms with Gasteiger partial charge in [-0.3, -0.25) is 0 Å². The van der Waals surface area contributed by atoms with Crippen molar-refractivity contribution in [2.75, 3.05) is 13.2 Å². The maximum absolute atomic E-state index is 13.5. The van der Waals surface area contributed by atoms with E-state index in [1.165, 1.54) is 6.07 Å². The quantitative estimate of drug-likeness (QED) is 0.881. The number of hydrogen-bond donors (Lipinski definition) is 1. The van der Waals surface area contributed by atoms with E-state index in [-0.39, 0.29) is 12.4 Å². The van der Waals surface area contributed by atoms with Crippen LogP contribution in [-0.2, 0) is 6.54 Å². The number of rotatable bonds is 6. The molecule has 0 aliphatic rings. The van der Waals surface area contributed by atoms with Crippen molar-refractivity contribution in [1.29, 1.82) is 0 Å². The predicted octanol–water partition coefficient (Wildman–Crippen LogP) is 3.75. The lowest BCUT2D eigenvalue weighted by Crippen LogP contribution is -2.00. The lowest BCUT2D eigenvalue weighted by molar-refractivity contribution is 0.288. The molecule has 2 N–H and O–H groups in total. The summed E-state index contributed by atoms with van der Waals surface area (Å²) in [5, 5.41) is 0. The first kappa shape index (κ1) is 15.3. The smallest absolute Gasteiger partial charge is 0.161 e. The third-order valence-corrected chi connectivity index (χ3v) is 3.14. The summed E-state index contributed by atoms with van der Waals surface area (Å²) in [6.45, 7) is 5.16. The minimum atomic E-state index is -0.280. The highest BCUT2D eigenvalue weighted by Crippen LogP contribution is 2.33. The first-order valence-corrected chi connectivity index (χ1v) is 7.08. The van der Waals surface area contributed by atoms with Crippen LogP contribution in [0, 0.1) is 5.82 Å². The molecule has 0 amide bonds. The molecule has 0 aliphatic carbocycles. The molecule has 0 saturated carbocycles. The summed E-state index contributed by atoms with van der Waals surface area (Å²) in [6.07, 6.45) is 0. The van der Waals surface area contributed by atoms with Crippen molar-refractivity contribution in [1.82, 2.24) is 0 Å². The molecule has 112 valence electrons. The summed E-state index contributed by atoms with van der Waals surface area (Å²) in [7, 11) is 0. The summed E-state index contributed by atoms with van der Waals surface area (Å²) in [5.74, 6) is 1.12. The Bertz CT molecular complexity index is 614. The lowest BCUT2D eigenvalue weighted by Gasteiger charge is -2.13. The molecular weight excluding hydrogens is 269 g/mol. The molecule has 0 heterocycles. The summed E-state index contributed by atoms with van der Waals surface area (Å²) in [5.41, 5.74) is 7.90. The molecule has 2 rings (SSSR count). The fraction of sp³-hybridized carbons (Fsp3) is 0.294. The molecular formula is C17H20FNO2. The summed E-state index contributed by atoms with van der Waals surface area (Å²) in [6, 6.07) is 10.6. The summed E-state index contributed by atoms with van der Waals surface area (Å²) < 4.78 is 24.7. The molecule has 0 atom stereocenters. The van der Waals surface area contributed by atoms with Gasteiger partial charge < -0.3 is 15.2 Å². The zero-order chi connectivity index (χ0) is 15.2. The van der Waals surface area contributed by atoms with Gasteiger partial charge in [0.1, 0.15) is 5.82 Å². The van der Waals surface area contributed by atoms with Gasteiger partial charge in [-0.2, -0.15) is 0 Å². The largest absolute Gasteiger partial charge is 0.490 e. The fourth-order valence-corrected chi connectivity index (χ4v) is 2.14. The number of halogens is 1. The summed E-state index contributed by atoms with van der Waals surface area (Å²) >= 11 is 0. The van der Waals surface area contributed by atoms with Crippen LogP contribution in [0.2, 0.25) is 0 Å². The number of ether oxygens (including phenoxy) is 2. The average molecular weight is 289 g/mol. The molecule has 2 aromatic rings. The van der Waals surface area contributed by atoms with E-state index in [4.69, 9.17) is 15.2 Å². The molecule has 0 aromatic heterocycles. The molecule has 0 bridgehead atoms. The van der Waals surface area contributed by atoms with Crippen molar-refractivity contribution in [3.63, 3.8) is 0 Å². The van der Waals surface area contributed by atoms with Gasteiger partial charge >= 0.3 is 0 Å². The van der Waals surface area contributed by atoms with E-state index in [0.29, 0.717) is 30.3 Å². The number of nitrogens with two attached hydrogens (primary N) is 1. The van der Waals surface area contributed by atoms with Crippen LogP contribution in [0.3, 0.4) is 0 Å². The molecule has 0 spiro atoms. The van der Waals surface area contributed by atoms with Crippen molar-refractivity contribution in [2.45, 2.75) is 20.4 Å². The van der Waals surface area contributed by atoms with Gasteiger partial charge in [0.15, 0.2) is 11.5 Å². The maximum Gasteiger partial charge on any atom is 0.161 e. The zero-order valence-corrected chi connectivity index (χ0v) is 12.4. The third-order valence-electron chi connectivity index (χ3n) is 3.14. The SMILES string of the molecule is CCOc1ccc(-c2ccc(F)c(CN)c2)cc1OCC. The Morgan fingerprint density at radius 3 is 2.19 bits per heavy atom. The van der Waals surface area contributed by atoms with E-state index in [1.54, 1.807) is 12.1 Å². The monoisotopic (exact) mass is 289 g/mol. The molecule has 0 saturated heterocycles. The Kier molecular flexibility index (Phi) is 5.17. The highest BCUT2D eigenvalue weighted by molar-refractivity contribution is 5.68. The molecule has 0 unspecified atom stereocenters. The Morgan fingerprint density at radius 2 is 1.52 bits per heavy atom. The first-order valence-electron chi connectivity index (χ1n) is 7.08. The van der Waals surface area contributed by atoms with Crippen molar-refractivity contribution < 1.29 is 13.9 Å². The van der Waals surface area contributed by atoms with Crippen LogP contribution in [0.25, 0.3) is 11.1 Å². The van der Waals surface area contributed by atoms with E-state index < -0.39 is 0 Å².